The molecule has 0 saturated carbocycles. The molecule has 202 valence electrons. The number of hydrogen-bond donors (Lipinski definition) is 1. The molecular weight excluding hydrogens is 484 g/mol. The summed E-state index contributed by atoms with van der Waals surface area (Å²) < 4.78 is 0. The van der Waals surface area contributed by atoms with Crippen LogP contribution in [-0.4, -0.2) is 58.5 Å². The van der Waals surface area contributed by atoms with Crippen molar-refractivity contribution in [3.05, 3.63) is 70.5 Å². The zero-order valence-electron chi connectivity index (χ0n) is 23.7. The van der Waals surface area contributed by atoms with Crippen LogP contribution in [-0.2, 0) is 17.8 Å². The first kappa shape index (κ1) is 25.4. The van der Waals surface area contributed by atoms with Crippen molar-refractivity contribution >= 4 is 28.3 Å². The first-order valence-corrected chi connectivity index (χ1v) is 14.1. The number of carbonyl (C=O) groups excluding carboxylic acids is 1. The Labute approximate surface area is 230 Å². The Morgan fingerprint density at radius 3 is 2.49 bits per heavy atom. The minimum Gasteiger partial charge on any atom is -0.366 e. The number of piperazine rings is 1. The Morgan fingerprint density at radius 1 is 0.949 bits per heavy atom. The van der Waals surface area contributed by atoms with E-state index in [2.05, 4.69) is 85.1 Å². The van der Waals surface area contributed by atoms with Gasteiger partial charge in [-0.05, 0) is 48.6 Å². The zero-order valence-corrected chi connectivity index (χ0v) is 23.7. The monoisotopic (exact) mass is 522 g/mol. The molecule has 2 aromatic heterocycles. The fraction of sp³-hybridized carbons (Fsp3) is 0.406. The molecule has 0 aliphatic carbocycles. The van der Waals surface area contributed by atoms with E-state index in [4.69, 9.17) is 9.97 Å². The first-order valence-electron chi connectivity index (χ1n) is 14.1. The predicted octanol–water partition coefficient (Wildman–Crippen LogP) is 5.60. The van der Waals surface area contributed by atoms with Gasteiger partial charge in [0.05, 0.1) is 5.69 Å². The number of aryl methyl sites for hydroxylation is 2. The van der Waals surface area contributed by atoms with Gasteiger partial charge in [0.2, 0.25) is 5.91 Å². The third kappa shape index (κ3) is 4.64. The van der Waals surface area contributed by atoms with Crippen LogP contribution in [0.3, 0.4) is 0 Å². The van der Waals surface area contributed by atoms with Crippen LogP contribution < -0.4 is 9.80 Å². The maximum atomic E-state index is 12.0. The van der Waals surface area contributed by atoms with Crippen molar-refractivity contribution in [2.24, 2.45) is 0 Å². The highest BCUT2D eigenvalue weighted by atomic mass is 16.2. The normalized spacial score (nSPS) is 15.8. The third-order valence-electron chi connectivity index (χ3n) is 8.45. The van der Waals surface area contributed by atoms with Crippen molar-refractivity contribution in [1.29, 1.82) is 0 Å². The smallest absolute Gasteiger partial charge is 0.219 e. The van der Waals surface area contributed by atoms with E-state index < -0.39 is 0 Å². The van der Waals surface area contributed by atoms with E-state index in [0.717, 1.165) is 74.1 Å². The fourth-order valence-electron chi connectivity index (χ4n) is 6.09. The van der Waals surface area contributed by atoms with Crippen molar-refractivity contribution in [2.75, 3.05) is 42.5 Å². The number of carbonyl (C=O) groups is 1. The largest absolute Gasteiger partial charge is 0.366 e. The van der Waals surface area contributed by atoms with E-state index in [1.54, 1.807) is 6.92 Å². The molecule has 4 heterocycles. The highest BCUT2D eigenvalue weighted by Gasteiger charge is 2.29. The van der Waals surface area contributed by atoms with Gasteiger partial charge in [-0.1, -0.05) is 38.1 Å². The topological polar surface area (TPSA) is 68.4 Å². The SMILES string of the molecule is CC(=O)N1CCN(c2nc(-c3cccc4[nH]cc(C)c34)nc3c2CN(c2cc(C(C)C)ccc2C)CC3)CC1. The summed E-state index contributed by atoms with van der Waals surface area (Å²) in [4.78, 5) is 32.7. The fourth-order valence-corrected chi connectivity index (χ4v) is 6.09. The van der Waals surface area contributed by atoms with Gasteiger partial charge in [0.15, 0.2) is 5.82 Å². The number of nitrogens with zero attached hydrogens (tertiary/aromatic N) is 5. The van der Waals surface area contributed by atoms with Crippen LogP contribution in [0.5, 0.6) is 0 Å². The molecule has 0 bridgehead atoms. The molecule has 2 aromatic carbocycles. The Kier molecular flexibility index (Phi) is 6.53. The summed E-state index contributed by atoms with van der Waals surface area (Å²) in [6, 6.07) is 13.2. The van der Waals surface area contributed by atoms with Crippen molar-refractivity contribution in [3.8, 4) is 11.4 Å². The van der Waals surface area contributed by atoms with Crippen molar-refractivity contribution in [1.82, 2.24) is 19.9 Å². The van der Waals surface area contributed by atoms with Crippen molar-refractivity contribution < 1.29 is 4.79 Å². The van der Waals surface area contributed by atoms with E-state index in [-0.39, 0.29) is 5.91 Å². The summed E-state index contributed by atoms with van der Waals surface area (Å²) >= 11 is 0. The van der Waals surface area contributed by atoms with Crippen LogP contribution in [0.25, 0.3) is 22.3 Å². The number of anilines is 2. The zero-order chi connectivity index (χ0) is 27.3. The van der Waals surface area contributed by atoms with Gasteiger partial charge in [-0.2, -0.15) is 0 Å². The molecule has 1 saturated heterocycles. The molecule has 6 rings (SSSR count). The minimum atomic E-state index is 0.140. The lowest BCUT2D eigenvalue weighted by molar-refractivity contribution is -0.129. The molecule has 1 amide bonds. The molecule has 1 N–H and O–H groups in total. The number of benzene rings is 2. The van der Waals surface area contributed by atoms with Gasteiger partial charge in [-0.3, -0.25) is 4.79 Å². The van der Waals surface area contributed by atoms with Crippen LogP contribution in [0.2, 0.25) is 0 Å². The number of amides is 1. The number of aromatic amines is 1. The van der Waals surface area contributed by atoms with Crippen LogP contribution in [0.4, 0.5) is 11.5 Å². The summed E-state index contributed by atoms with van der Waals surface area (Å²) in [6.45, 7) is 15.2. The second kappa shape index (κ2) is 10.0. The summed E-state index contributed by atoms with van der Waals surface area (Å²) in [5, 5.41) is 1.18. The summed E-state index contributed by atoms with van der Waals surface area (Å²) in [6.07, 6.45) is 2.93. The number of hydrogen-bond acceptors (Lipinski definition) is 5. The number of H-pyrrole nitrogens is 1. The van der Waals surface area contributed by atoms with E-state index >= 15 is 0 Å². The van der Waals surface area contributed by atoms with Gasteiger partial charge >= 0.3 is 0 Å². The van der Waals surface area contributed by atoms with Crippen LogP contribution >= 0.6 is 0 Å². The van der Waals surface area contributed by atoms with Crippen LogP contribution in [0, 0.1) is 13.8 Å². The molecule has 39 heavy (non-hydrogen) atoms. The molecule has 0 spiro atoms. The van der Waals surface area contributed by atoms with Crippen LogP contribution in [0.1, 0.15) is 54.6 Å². The highest BCUT2D eigenvalue weighted by Crippen LogP contribution is 2.36. The molecule has 1 fully saturated rings. The summed E-state index contributed by atoms with van der Waals surface area (Å²) in [5.74, 6) is 2.43. The second-order valence-electron chi connectivity index (χ2n) is 11.4. The molecule has 0 atom stereocenters. The Morgan fingerprint density at radius 2 is 1.74 bits per heavy atom. The second-order valence-corrected chi connectivity index (χ2v) is 11.4. The molecule has 0 unspecified atom stereocenters. The molecular formula is C32H38N6O. The molecule has 4 aromatic rings. The van der Waals surface area contributed by atoms with Gasteiger partial charge < -0.3 is 19.7 Å². The van der Waals surface area contributed by atoms with E-state index in [0.29, 0.717) is 5.92 Å². The number of nitrogens with one attached hydrogen (secondary N) is 1. The van der Waals surface area contributed by atoms with Crippen LogP contribution in [0.15, 0.2) is 42.6 Å². The third-order valence-corrected chi connectivity index (χ3v) is 8.45. The maximum Gasteiger partial charge on any atom is 0.219 e. The quantitative estimate of drug-likeness (QED) is 0.378. The Hall–Kier alpha value is -3.87. The lowest BCUT2D eigenvalue weighted by Crippen LogP contribution is -2.49. The van der Waals surface area contributed by atoms with Gasteiger partial charge in [0.1, 0.15) is 5.82 Å². The molecule has 0 radical (unpaired) electrons. The van der Waals surface area contributed by atoms with E-state index in [9.17, 15) is 4.79 Å². The molecule has 7 nitrogen and oxygen atoms in total. The average molecular weight is 523 g/mol. The summed E-state index contributed by atoms with van der Waals surface area (Å²) in [7, 11) is 0. The van der Waals surface area contributed by atoms with Gasteiger partial charge in [-0.15, -0.1) is 0 Å². The van der Waals surface area contributed by atoms with Gasteiger partial charge in [-0.25, -0.2) is 9.97 Å². The number of fused-ring (bicyclic) bond motifs is 2. The Balaban J connectivity index is 1.44. The highest BCUT2D eigenvalue weighted by molar-refractivity contribution is 5.96. The molecule has 2 aliphatic heterocycles. The maximum absolute atomic E-state index is 12.0. The predicted molar refractivity (Wildman–Crippen MR) is 159 cm³/mol. The number of rotatable bonds is 4. The molecule has 7 heteroatoms. The Bertz CT molecular complexity index is 1550. The summed E-state index contributed by atoms with van der Waals surface area (Å²) in [5.41, 5.74) is 9.70. The van der Waals surface area contributed by atoms with Gasteiger partial charge in [0, 0.05) is 86.5 Å². The lowest BCUT2D eigenvalue weighted by Gasteiger charge is -2.38. The first-order chi connectivity index (χ1) is 18.8. The van der Waals surface area contributed by atoms with Gasteiger partial charge in [0.25, 0.3) is 0 Å². The average Bonchev–Trinajstić information content (AvgIpc) is 3.33. The lowest BCUT2D eigenvalue weighted by atomic mass is 9.98. The van der Waals surface area contributed by atoms with E-state index in [1.165, 1.54) is 33.3 Å². The standard InChI is InChI=1S/C32H38N6O/c1-20(2)24-10-9-21(3)29(17-24)38-12-11-27-26(19-38)32(37-15-13-36(14-16-37)23(5)39)35-31(34-27)25-7-6-8-28-30(25)22(4)18-33-28/h6-10,17-18,20,33H,11-16,19H2,1-5H3. The molecule has 2 aliphatic rings. The minimum absolute atomic E-state index is 0.140. The van der Waals surface area contributed by atoms with E-state index in [1.807, 2.05) is 4.90 Å². The van der Waals surface area contributed by atoms with Crippen molar-refractivity contribution in [2.45, 2.75) is 53.5 Å². The van der Waals surface area contributed by atoms with Crippen molar-refractivity contribution in [3.63, 3.8) is 0 Å². The number of aromatic nitrogens is 3.